The van der Waals surface area contributed by atoms with Crippen LogP contribution in [0.1, 0.15) is 0 Å². The molecule has 7 aromatic rings. The minimum atomic E-state index is 0.336. The van der Waals surface area contributed by atoms with Gasteiger partial charge >= 0.3 is 0 Å². The number of para-hydroxylation sites is 6. The van der Waals surface area contributed by atoms with Crippen molar-refractivity contribution in [2.24, 2.45) is 0 Å². The van der Waals surface area contributed by atoms with E-state index in [1.54, 1.807) is 32.6 Å². The Hall–Kier alpha value is -6.30. The normalized spacial score (nSPS) is 10.9. The second-order valence-electron chi connectivity index (χ2n) is 9.08. The lowest BCUT2D eigenvalue weighted by molar-refractivity contribution is 0.880. The fraction of sp³-hybridized carbons (Fsp3) is 0. The van der Waals surface area contributed by atoms with Crippen LogP contribution in [-0.4, -0.2) is 44.3 Å². The molecule has 3 N–H and O–H groups in total. The van der Waals surface area contributed by atoms with Crippen molar-refractivity contribution >= 4 is 34.9 Å². The Morgan fingerprint density at radius 1 is 0.381 bits per heavy atom. The molecule has 12 nitrogen and oxygen atoms in total. The van der Waals surface area contributed by atoms with Crippen LogP contribution in [0.5, 0.6) is 0 Å². The Bertz CT molecular complexity index is 1680. The number of aromatic nitrogens is 9. The molecule has 0 atom stereocenters. The Morgan fingerprint density at radius 2 is 0.690 bits per heavy atom. The Labute approximate surface area is 240 Å². The Kier molecular flexibility index (Phi) is 6.51. The third-order valence-electron chi connectivity index (χ3n) is 6.34. The summed E-state index contributed by atoms with van der Waals surface area (Å²) in [6.45, 7) is 0. The van der Waals surface area contributed by atoms with E-state index in [0.29, 0.717) is 17.8 Å². The lowest BCUT2D eigenvalue weighted by Gasteiger charge is -2.16. The minimum absolute atomic E-state index is 0.336. The lowest BCUT2D eigenvalue weighted by atomic mass is 10.2. The molecular weight excluding hydrogens is 528 g/mol. The van der Waals surface area contributed by atoms with Gasteiger partial charge in [-0.1, -0.05) is 36.4 Å². The molecule has 4 aromatic heterocycles. The second-order valence-corrected chi connectivity index (χ2v) is 9.08. The molecule has 4 heterocycles. The SMILES string of the molecule is c1ccc(-n2cccn2)c(Nc2nc(Nc3ccccc3-n3cccn3)nc(Nc3ccccc3-n3cccn3)n2)c1. The third-order valence-corrected chi connectivity index (χ3v) is 6.34. The van der Waals surface area contributed by atoms with E-state index in [0.717, 1.165) is 34.1 Å². The predicted octanol–water partition coefficient (Wildman–Crippen LogP) is 5.66. The van der Waals surface area contributed by atoms with Gasteiger partial charge in [-0.05, 0) is 54.6 Å². The summed E-state index contributed by atoms with van der Waals surface area (Å²) < 4.78 is 5.34. The van der Waals surface area contributed by atoms with Crippen molar-refractivity contribution < 1.29 is 0 Å². The minimum Gasteiger partial charge on any atom is -0.322 e. The van der Waals surface area contributed by atoms with Crippen LogP contribution in [0.4, 0.5) is 34.9 Å². The molecule has 42 heavy (non-hydrogen) atoms. The first-order valence-electron chi connectivity index (χ1n) is 13.1. The standard InChI is InChI=1S/C30H24N12/c1-4-13-25(40-19-7-16-31-40)22(10-1)34-28-37-29(35-23-11-2-5-14-26(23)41-20-8-17-32-41)39-30(38-28)36-24-12-3-6-15-27(24)42-21-9-18-33-42/h1-21H,(H3,34,35,36,37,38,39). The average Bonchev–Trinajstić information content (AvgIpc) is 3.83. The molecule has 0 spiro atoms. The summed E-state index contributed by atoms with van der Waals surface area (Å²) in [5.41, 5.74) is 4.87. The molecule has 0 saturated heterocycles. The largest absolute Gasteiger partial charge is 0.322 e. The zero-order valence-electron chi connectivity index (χ0n) is 22.1. The molecule has 3 aromatic carbocycles. The van der Waals surface area contributed by atoms with E-state index in [9.17, 15) is 0 Å². The van der Waals surface area contributed by atoms with Crippen LogP contribution in [0, 0.1) is 0 Å². The molecule has 0 amide bonds. The van der Waals surface area contributed by atoms with E-state index >= 15 is 0 Å². The van der Waals surface area contributed by atoms with E-state index in [4.69, 9.17) is 15.0 Å². The van der Waals surface area contributed by atoms with Gasteiger partial charge in [0, 0.05) is 37.2 Å². The first-order chi connectivity index (χ1) is 20.8. The van der Waals surface area contributed by atoms with Crippen LogP contribution < -0.4 is 16.0 Å². The monoisotopic (exact) mass is 552 g/mol. The molecule has 0 bridgehead atoms. The fourth-order valence-corrected chi connectivity index (χ4v) is 4.48. The van der Waals surface area contributed by atoms with E-state index in [2.05, 4.69) is 31.2 Å². The molecule has 0 saturated carbocycles. The topological polar surface area (TPSA) is 128 Å². The number of nitrogens with zero attached hydrogens (tertiary/aromatic N) is 9. The summed E-state index contributed by atoms with van der Waals surface area (Å²) in [6.07, 6.45) is 10.8. The molecule has 0 aliphatic carbocycles. The molecule has 0 radical (unpaired) electrons. The summed E-state index contributed by atoms with van der Waals surface area (Å²) >= 11 is 0. The number of benzene rings is 3. The highest BCUT2D eigenvalue weighted by Gasteiger charge is 2.14. The maximum atomic E-state index is 4.72. The van der Waals surface area contributed by atoms with Crippen molar-refractivity contribution in [1.29, 1.82) is 0 Å². The third kappa shape index (κ3) is 5.14. The average molecular weight is 553 g/mol. The quantitative estimate of drug-likeness (QED) is 0.208. The fourth-order valence-electron chi connectivity index (χ4n) is 4.48. The van der Waals surface area contributed by atoms with Gasteiger partial charge in [0.1, 0.15) is 0 Å². The summed E-state index contributed by atoms with van der Waals surface area (Å²) in [6, 6.07) is 29.0. The van der Waals surface area contributed by atoms with Gasteiger partial charge in [-0.3, -0.25) is 0 Å². The second kappa shape index (κ2) is 11.1. The van der Waals surface area contributed by atoms with Gasteiger partial charge in [0.15, 0.2) is 0 Å². The highest BCUT2D eigenvalue weighted by atomic mass is 15.3. The van der Waals surface area contributed by atoms with Crippen LogP contribution in [0.2, 0.25) is 0 Å². The molecule has 0 fully saturated rings. The molecule has 0 aliphatic rings. The summed E-state index contributed by atoms with van der Waals surface area (Å²) in [5.74, 6) is 1.01. The molecule has 204 valence electrons. The number of nitrogens with one attached hydrogen (secondary N) is 3. The van der Waals surface area contributed by atoms with Gasteiger partial charge in [-0.15, -0.1) is 0 Å². The van der Waals surface area contributed by atoms with E-state index in [1.165, 1.54) is 0 Å². The summed E-state index contributed by atoms with van der Waals surface area (Å²) in [7, 11) is 0. The first-order valence-corrected chi connectivity index (χ1v) is 13.1. The predicted molar refractivity (Wildman–Crippen MR) is 160 cm³/mol. The van der Waals surface area contributed by atoms with Crippen molar-refractivity contribution in [2.75, 3.05) is 16.0 Å². The molecule has 7 rings (SSSR count). The lowest BCUT2D eigenvalue weighted by Crippen LogP contribution is -2.10. The molecule has 0 aliphatic heterocycles. The van der Waals surface area contributed by atoms with Gasteiger partial charge in [-0.25, -0.2) is 14.0 Å². The van der Waals surface area contributed by atoms with Crippen LogP contribution in [-0.2, 0) is 0 Å². The maximum absolute atomic E-state index is 4.72. The van der Waals surface area contributed by atoms with Crippen LogP contribution in [0.3, 0.4) is 0 Å². The highest BCUT2D eigenvalue weighted by molar-refractivity contribution is 5.71. The van der Waals surface area contributed by atoms with Crippen molar-refractivity contribution in [3.05, 3.63) is 128 Å². The van der Waals surface area contributed by atoms with Crippen LogP contribution in [0.15, 0.2) is 128 Å². The van der Waals surface area contributed by atoms with E-state index in [-0.39, 0.29) is 0 Å². The number of hydrogen-bond donors (Lipinski definition) is 3. The number of rotatable bonds is 9. The van der Waals surface area contributed by atoms with Gasteiger partial charge in [0.2, 0.25) is 17.8 Å². The molecule has 0 unspecified atom stereocenters. The zero-order chi connectivity index (χ0) is 28.1. The van der Waals surface area contributed by atoms with E-state index < -0.39 is 0 Å². The highest BCUT2D eigenvalue weighted by Crippen LogP contribution is 2.28. The van der Waals surface area contributed by atoms with Gasteiger partial charge in [0.05, 0.1) is 34.1 Å². The first kappa shape index (κ1) is 24.7. The Balaban J connectivity index is 1.29. The molecule has 12 heteroatoms. The van der Waals surface area contributed by atoms with Gasteiger partial charge < -0.3 is 16.0 Å². The summed E-state index contributed by atoms with van der Waals surface area (Å²) in [4.78, 5) is 14.2. The van der Waals surface area contributed by atoms with Gasteiger partial charge in [0.25, 0.3) is 0 Å². The maximum Gasteiger partial charge on any atom is 0.233 e. The smallest absolute Gasteiger partial charge is 0.233 e. The van der Waals surface area contributed by atoms with Crippen molar-refractivity contribution in [1.82, 2.24) is 44.3 Å². The van der Waals surface area contributed by atoms with Gasteiger partial charge in [-0.2, -0.15) is 30.2 Å². The van der Waals surface area contributed by atoms with Crippen molar-refractivity contribution in [3.63, 3.8) is 0 Å². The molecular formula is C30H24N12. The number of anilines is 6. The Morgan fingerprint density at radius 3 is 0.976 bits per heavy atom. The van der Waals surface area contributed by atoms with Crippen molar-refractivity contribution in [3.8, 4) is 17.1 Å². The summed E-state index contributed by atoms with van der Waals surface area (Å²) in [5, 5.41) is 23.2. The van der Waals surface area contributed by atoms with Crippen LogP contribution >= 0.6 is 0 Å². The zero-order valence-corrected chi connectivity index (χ0v) is 22.1. The van der Waals surface area contributed by atoms with E-state index in [1.807, 2.05) is 110 Å². The van der Waals surface area contributed by atoms with Crippen LogP contribution in [0.25, 0.3) is 17.1 Å². The van der Waals surface area contributed by atoms with Crippen molar-refractivity contribution in [2.45, 2.75) is 0 Å². The number of hydrogen-bond acceptors (Lipinski definition) is 9.